The lowest BCUT2D eigenvalue weighted by molar-refractivity contribution is 0.0497. The first-order valence-electron chi connectivity index (χ1n) is 10.1. The van der Waals surface area contributed by atoms with Crippen molar-refractivity contribution < 1.29 is 19.7 Å². The Bertz CT molecular complexity index is 417. The van der Waals surface area contributed by atoms with Gasteiger partial charge in [0.25, 0.3) is 0 Å². The van der Waals surface area contributed by atoms with Crippen LogP contribution < -0.4 is 0 Å². The van der Waals surface area contributed by atoms with Crippen molar-refractivity contribution in [2.75, 3.05) is 13.2 Å². The third kappa shape index (κ3) is 16.1. The van der Waals surface area contributed by atoms with Gasteiger partial charge in [-0.05, 0) is 25.5 Å². The van der Waals surface area contributed by atoms with Gasteiger partial charge in [0.2, 0.25) is 0 Å². The van der Waals surface area contributed by atoms with Gasteiger partial charge in [0.15, 0.2) is 0 Å². The molecule has 0 spiro atoms. The molecule has 4 nitrogen and oxygen atoms in total. The minimum atomic E-state index is -0.560. The van der Waals surface area contributed by atoms with Crippen molar-refractivity contribution in [3.05, 3.63) is 35.9 Å². The summed E-state index contributed by atoms with van der Waals surface area (Å²) in [6.07, 6.45) is 12.4. The zero-order valence-corrected chi connectivity index (χ0v) is 16.7. The Morgan fingerprint density at radius 1 is 0.923 bits per heavy atom. The summed E-state index contributed by atoms with van der Waals surface area (Å²) in [5, 5.41) is 16.0. The maximum atomic E-state index is 11.7. The Balaban J connectivity index is 0.00000110. The topological polar surface area (TPSA) is 66.8 Å². The van der Waals surface area contributed by atoms with Crippen LogP contribution in [-0.2, 0) is 4.74 Å². The highest BCUT2D eigenvalue weighted by Gasteiger charge is 2.04. The molecule has 0 aromatic heterocycles. The molecule has 4 heteroatoms. The summed E-state index contributed by atoms with van der Waals surface area (Å²) in [6, 6.07) is 9.20. The van der Waals surface area contributed by atoms with Gasteiger partial charge in [0.1, 0.15) is 0 Å². The van der Waals surface area contributed by atoms with E-state index >= 15 is 0 Å². The summed E-state index contributed by atoms with van der Waals surface area (Å²) in [4.78, 5) is 11.7. The highest BCUT2D eigenvalue weighted by molar-refractivity contribution is 5.89. The van der Waals surface area contributed by atoms with Crippen LogP contribution >= 0.6 is 0 Å². The summed E-state index contributed by atoms with van der Waals surface area (Å²) in [7, 11) is 0. The maximum Gasteiger partial charge on any atom is 0.338 e. The number of esters is 1. The summed E-state index contributed by atoms with van der Waals surface area (Å²) >= 11 is 0. The first kappa shape index (κ1) is 24.6. The van der Waals surface area contributed by atoms with Crippen LogP contribution in [0.4, 0.5) is 0 Å². The number of hydrogen-bond donors (Lipinski definition) is 2. The fourth-order valence-corrected chi connectivity index (χ4v) is 2.41. The maximum absolute atomic E-state index is 11.7. The highest BCUT2D eigenvalue weighted by Crippen LogP contribution is 2.10. The molecule has 2 N–H and O–H groups in total. The summed E-state index contributed by atoms with van der Waals surface area (Å²) in [5.74, 6) is -0.202. The SMILES string of the molecule is CC(O)CO.CCCCCCCCCCCCOC(=O)c1ccccc1. The molecular formula is C22H38O4. The number of carbonyl (C=O) groups is 1. The quantitative estimate of drug-likeness (QED) is 0.375. The van der Waals surface area contributed by atoms with E-state index in [0.717, 1.165) is 12.8 Å². The molecule has 0 heterocycles. The normalized spacial score (nSPS) is 11.4. The van der Waals surface area contributed by atoms with Gasteiger partial charge >= 0.3 is 5.97 Å². The van der Waals surface area contributed by atoms with Crippen LogP contribution in [0, 0.1) is 0 Å². The second kappa shape index (κ2) is 18.4. The highest BCUT2D eigenvalue weighted by atomic mass is 16.5. The number of ether oxygens (including phenoxy) is 1. The predicted molar refractivity (Wildman–Crippen MR) is 107 cm³/mol. The van der Waals surface area contributed by atoms with Crippen molar-refractivity contribution in [1.82, 2.24) is 0 Å². The molecule has 1 unspecified atom stereocenters. The van der Waals surface area contributed by atoms with Gasteiger partial charge in [-0.1, -0.05) is 82.9 Å². The number of carbonyl (C=O) groups excluding carboxylic acids is 1. The summed E-state index contributed by atoms with van der Waals surface area (Å²) in [6.45, 7) is 4.19. The smallest absolute Gasteiger partial charge is 0.338 e. The fourth-order valence-electron chi connectivity index (χ4n) is 2.41. The number of benzene rings is 1. The average Bonchev–Trinajstić information content (AvgIpc) is 2.67. The Hall–Kier alpha value is -1.39. The lowest BCUT2D eigenvalue weighted by atomic mass is 10.1. The Kier molecular flexibility index (Phi) is 17.4. The lowest BCUT2D eigenvalue weighted by Crippen LogP contribution is -2.06. The van der Waals surface area contributed by atoms with Gasteiger partial charge in [0, 0.05) is 0 Å². The minimum absolute atomic E-state index is 0.139. The molecule has 0 radical (unpaired) electrons. The van der Waals surface area contributed by atoms with Crippen molar-refractivity contribution in [3.63, 3.8) is 0 Å². The third-order valence-corrected chi connectivity index (χ3v) is 4.00. The molecule has 0 amide bonds. The second-order valence-electron chi connectivity index (χ2n) is 6.72. The van der Waals surface area contributed by atoms with Crippen molar-refractivity contribution in [3.8, 4) is 0 Å². The third-order valence-electron chi connectivity index (χ3n) is 4.00. The number of unbranched alkanes of at least 4 members (excludes halogenated alkanes) is 9. The zero-order valence-electron chi connectivity index (χ0n) is 16.7. The van der Waals surface area contributed by atoms with E-state index < -0.39 is 6.10 Å². The predicted octanol–water partition coefficient (Wildman–Crippen LogP) is 5.12. The van der Waals surface area contributed by atoms with E-state index in [0.29, 0.717) is 12.2 Å². The molecule has 0 bridgehead atoms. The lowest BCUT2D eigenvalue weighted by Gasteiger charge is -2.05. The first-order valence-corrected chi connectivity index (χ1v) is 10.1. The molecule has 0 aliphatic heterocycles. The van der Waals surface area contributed by atoms with E-state index in [2.05, 4.69) is 6.92 Å². The van der Waals surface area contributed by atoms with E-state index in [-0.39, 0.29) is 12.6 Å². The van der Waals surface area contributed by atoms with Crippen LogP contribution in [0.1, 0.15) is 88.4 Å². The van der Waals surface area contributed by atoms with Crippen molar-refractivity contribution in [1.29, 1.82) is 0 Å². The molecule has 1 rings (SSSR count). The molecular weight excluding hydrogens is 328 g/mol. The second-order valence-corrected chi connectivity index (χ2v) is 6.72. The van der Waals surface area contributed by atoms with Gasteiger partial charge in [-0.3, -0.25) is 0 Å². The van der Waals surface area contributed by atoms with Crippen molar-refractivity contribution in [2.24, 2.45) is 0 Å². The summed E-state index contributed by atoms with van der Waals surface area (Å²) < 4.78 is 5.26. The molecule has 1 aromatic rings. The number of aliphatic hydroxyl groups excluding tert-OH is 2. The number of hydrogen-bond acceptors (Lipinski definition) is 4. The van der Waals surface area contributed by atoms with Gasteiger partial charge in [0.05, 0.1) is 24.9 Å². The number of aliphatic hydroxyl groups is 2. The van der Waals surface area contributed by atoms with E-state index in [1.165, 1.54) is 58.3 Å². The van der Waals surface area contributed by atoms with Crippen LogP contribution in [0.15, 0.2) is 30.3 Å². The van der Waals surface area contributed by atoms with Crippen LogP contribution in [-0.4, -0.2) is 35.5 Å². The number of rotatable bonds is 13. The van der Waals surface area contributed by atoms with Crippen molar-refractivity contribution in [2.45, 2.75) is 84.2 Å². The van der Waals surface area contributed by atoms with Crippen LogP contribution in [0.3, 0.4) is 0 Å². The van der Waals surface area contributed by atoms with Gasteiger partial charge in [-0.25, -0.2) is 4.79 Å². The Morgan fingerprint density at radius 3 is 1.85 bits per heavy atom. The van der Waals surface area contributed by atoms with Gasteiger partial charge < -0.3 is 14.9 Å². The van der Waals surface area contributed by atoms with Crippen molar-refractivity contribution >= 4 is 5.97 Å². The first-order chi connectivity index (χ1) is 12.6. The van der Waals surface area contributed by atoms with E-state index in [4.69, 9.17) is 14.9 Å². The van der Waals surface area contributed by atoms with E-state index in [9.17, 15) is 4.79 Å². The van der Waals surface area contributed by atoms with E-state index in [1.807, 2.05) is 18.2 Å². The molecule has 0 saturated carbocycles. The fraction of sp³-hybridized carbons (Fsp3) is 0.682. The molecule has 0 aliphatic rings. The Labute approximate surface area is 159 Å². The molecule has 150 valence electrons. The molecule has 1 atom stereocenters. The molecule has 0 saturated heterocycles. The Morgan fingerprint density at radius 2 is 1.38 bits per heavy atom. The molecule has 0 fully saturated rings. The zero-order chi connectivity index (χ0) is 19.5. The summed E-state index contributed by atoms with van der Waals surface area (Å²) in [5.41, 5.74) is 0.643. The van der Waals surface area contributed by atoms with Crippen LogP contribution in [0.2, 0.25) is 0 Å². The molecule has 0 aliphatic carbocycles. The standard InChI is InChI=1S/C19H30O2.C3H8O2/c1-2-3-4-5-6-7-8-9-10-14-17-21-19(20)18-15-12-11-13-16-18;1-3(5)2-4/h11-13,15-16H,2-10,14,17H2,1H3;3-5H,2H2,1H3. The van der Waals surface area contributed by atoms with Crippen LogP contribution in [0.25, 0.3) is 0 Å². The largest absolute Gasteiger partial charge is 0.462 e. The van der Waals surface area contributed by atoms with Crippen LogP contribution in [0.5, 0.6) is 0 Å². The molecule has 26 heavy (non-hydrogen) atoms. The average molecular weight is 367 g/mol. The van der Waals surface area contributed by atoms with Gasteiger partial charge in [-0.2, -0.15) is 0 Å². The van der Waals surface area contributed by atoms with E-state index in [1.54, 1.807) is 12.1 Å². The minimum Gasteiger partial charge on any atom is -0.462 e. The monoisotopic (exact) mass is 366 g/mol. The molecule has 1 aromatic carbocycles. The van der Waals surface area contributed by atoms with Gasteiger partial charge in [-0.15, -0.1) is 0 Å².